The number of aryl methyl sites for hydroxylation is 1. The van der Waals surface area contributed by atoms with Gasteiger partial charge in [0.15, 0.2) is 5.65 Å². The predicted octanol–water partition coefficient (Wildman–Crippen LogP) is 3.42. The van der Waals surface area contributed by atoms with Crippen molar-refractivity contribution in [3.05, 3.63) is 30.0 Å². The van der Waals surface area contributed by atoms with Gasteiger partial charge < -0.3 is 14.5 Å². The Labute approximate surface area is 165 Å². The Morgan fingerprint density at radius 3 is 2.82 bits per heavy atom. The maximum absolute atomic E-state index is 6.13. The van der Waals surface area contributed by atoms with Gasteiger partial charge in [0.25, 0.3) is 0 Å². The molecule has 0 spiro atoms. The molecule has 0 radical (unpaired) electrons. The third-order valence-corrected chi connectivity index (χ3v) is 5.44. The van der Waals surface area contributed by atoms with E-state index in [0.717, 1.165) is 73.3 Å². The monoisotopic (exact) mass is 383 g/mol. The zero-order valence-electron chi connectivity index (χ0n) is 16.9. The first-order chi connectivity index (χ1) is 13.7. The predicted molar refractivity (Wildman–Crippen MR) is 110 cm³/mol. The molecule has 1 aliphatic heterocycles. The van der Waals surface area contributed by atoms with Crippen LogP contribution in [0.4, 0.5) is 0 Å². The van der Waals surface area contributed by atoms with E-state index in [-0.39, 0.29) is 0 Å². The van der Waals surface area contributed by atoms with E-state index in [9.17, 15) is 0 Å². The fourth-order valence-electron chi connectivity index (χ4n) is 3.55. The topological polar surface area (TPSA) is 68.2 Å². The lowest BCUT2D eigenvalue weighted by atomic mass is 10.2. The highest BCUT2D eigenvalue weighted by atomic mass is 16.5. The molecule has 0 saturated carbocycles. The molecule has 1 atom stereocenters. The Hall–Kier alpha value is -2.38. The minimum absolute atomic E-state index is 0.312. The first kappa shape index (κ1) is 19.0. The number of hydrogen-bond donors (Lipinski definition) is 1. The van der Waals surface area contributed by atoms with Crippen molar-refractivity contribution in [1.82, 2.24) is 24.6 Å². The number of H-pyrrole nitrogens is 1. The fraction of sp³-hybridized carbons (Fsp3) is 0.524. The molecule has 150 valence electrons. The summed E-state index contributed by atoms with van der Waals surface area (Å²) in [5, 5.41) is 4.66. The summed E-state index contributed by atoms with van der Waals surface area (Å²) in [6, 6.07) is 8.40. The number of morpholine rings is 1. The molecule has 2 aromatic heterocycles. The van der Waals surface area contributed by atoms with Gasteiger partial charge in [-0.05, 0) is 32.4 Å². The number of nitrogens with one attached hydrogen (secondary N) is 1. The molecule has 1 aliphatic rings. The Morgan fingerprint density at radius 2 is 2.04 bits per heavy atom. The summed E-state index contributed by atoms with van der Waals surface area (Å²) in [6.45, 7) is 11.5. The van der Waals surface area contributed by atoms with Gasteiger partial charge >= 0.3 is 0 Å². The largest absolute Gasteiger partial charge is 0.491 e. The Kier molecular flexibility index (Phi) is 5.64. The summed E-state index contributed by atoms with van der Waals surface area (Å²) in [6.07, 6.45) is 1.01. The normalized spacial score (nSPS) is 16.5. The molecule has 7 heteroatoms. The second-order valence-corrected chi connectivity index (χ2v) is 7.37. The molecule has 3 heterocycles. The molecule has 1 saturated heterocycles. The number of rotatable bonds is 7. The van der Waals surface area contributed by atoms with Crippen LogP contribution in [0.25, 0.3) is 22.6 Å². The standard InChI is InChI=1S/C21H29N5O2/c1-4-15(2)26-21-19(16(3)24-26)22-20(23-21)17-7-5-6-8-18(17)28-14-11-25-9-12-27-13-10-25/h5-8,15H,4,9-14H2,1-3H3,(H,22,23). The summed E-state index contributed by atoms with van der Waals surface area (Å²) >= 11 is 0. The summed E-state index contributed by atoms with van der Waals surface area (Å²) in [4.78, 5) is 10.7. The molecule has 3 aromatic rings. The smallest absolute Gasteiger partial charge is 0.177 e. The number of ether oxygens (including phenoxy) is 2. The van der Waals surface area contributed by atoms with Gasteiger partial charge in [-0.2, -0.15) is 5.10 Å². The molecule has 4 rings (SSSR count). The van der Waals surface area contributed by atoms with Crippen LogP contribution in [-0.2, 0) is 4.74 Å². The molecule has 0 bridgehead atoms. The van der Waals surface area contributed by atoms with Gasteiger partial charge in [-0.1, -0.05) is 19.1 Å². The maximum atomic E-state index is 6.13. The molecular weight excluding hydrogens is 354 g/mol. The van der Waals surface area contributed by atoms with Crippen molar-refractivity contribution < 1.29 is 9.47 Å². The maximum Gasteiger partial charge on any atom is 0.177 e. The first-order valence-electron chi connectivity index (χ1n) is 10.1. The van der Waals surface area contributed by atoms with E-state index in [1.54, 1.807) is 0 Å². The molecular formula is C21H29N5O2. The highest BCUT2D eigenvalue weighted by molar-refractivity contribution is 5.80. The van der Waals surface area contributed by atoms with E-state index in [2.05, 4.69) is 34.9 Å². The van der Waals surface area contributed by atoms with Crippen molar-refractivity contribution in [3.63, 3.8) is 0 Å². The first-order valence-corrected chi connectivity index (χ1v) is 10.1. The highest BCUT2D eigenvalue weighted by Gasteiger charge is 2.18. The lowest BCUT2D eigenvalue weighted by molar-refractivity contribution is 0.0323. The van der Waals surface area contributed by atoms with Gasteiger partial charge in [0, 0.05) is 19.6 Å². The SMILES string of the molecule is CCC(C)n1nc(C)c2[nH]c(-c3ccccc3OCCN3CCOCC3)nc21. The average molecular weight is 383 g/mol. The van der Waals surface area contributed by atoms with Crippen molar-refractivity contribution in [2.45, 2.75) is 33.2 Å². The zero-order valence-corrected chi connectivity index (χ0v) is 16.9. The van der Waals surface area contributed by atoms with Crippen LogP contribution in [0.5, 0.6) is 5.75 Å². The number of para-hydroxylation sites is 1. The lowest BCUT2D eigenvalue weighted by Crippen LogP contribution is -2.38. The van der Waals surface area contributed by atoms with Gasteiger partial charge in [0.2, 0.25) is 0 Å². The Bertz CT molecular complexity index is 926. The van der Waals surface area contributed by atoms with Crippen LogP contribution in [-0.4, -0.2) is 64.1 Å². The van der Waals surface area contributed by atoms with Crippen LogP contribution in [0.1, 0.15) is 32.0 Å². The van der Waals surface area contributed by atoms with E-state index in [1.165, 1.54) is 0 Å². The quantitative estimate of drug-likeness (QED) is 0.677. The van der Waals surface area contributed by atoms with Crippen molar-refractivity contribution in [1.29, 1.82) is 0 Å². The van der Waals surface area contributed by atoms with E-state index in [1.807, 2.05) is 29.8 Å². The van der Waals surface area contributed by atoms with Gasteiger partial charge in [-0.15, -0.1) is 0 Å². The van der Waals surface area contributed by atoms with Crippen molar-refractivity contribution in [2.75, 3.05) is 39.5 Å². The van der Waals surface area contributed by atoms with Crippen LogP contribution in [0.2, 0.25) is 0 Å². The van der Waals surface area contributed by atoms with E-state index in [0.29, 0.717) is 12.6 Å². The minimum Gasteiger partial charge on any atom is -0.491 e. The number of benzene rings is 1. The van der Waals surface area contributed by atoms with E-state index in [4.69, 9.17) is 14.5 Å². The molecule has 0 aliphatic carbocycles. The molecule has 1 fully saturated rings. The number of fused-ring (bicyclic) bond motifs is 1. The third kappa shape index (κ3) is 3.77. The van der Waals surface area contributed by atoms with Crippen LogP contribution in [0, 0.1) is 6.92 Å². The summed E-state index contributed by atoms with van der Waals surface area (Å²) in [5.74, 6) is 1.68. The molecule has 7 nitrogen and oxygen atoms in total. The van der Waals surface area contributed by atoms with Gasteiger partial charge in [-0.3, -0.25) is 4.90 Å². The highest BCUT2D eigenvalue weighted by Crippen LogP contribution is 2.31. The van der Waals surface area contributed by atoms with Crippen LogP contribution in [0.3, 0.4) is 0 Å². The number of imidazole rings is 1. The summed E-state index contributed by atoms with van der Waals surface area (Å²) < 4.78 is 13.6. The average Bonchev–Trinajstić information content (AvgIpc) is 3.29. The van der Waals surface area contributed by atoms with E-state index < -0.39 is 0 Å². The second-order valence-electron chi connectivity index (χ2n) is 7.37. The van der Waals surface area contributed by atoms with Crippen molar-refractivity contribution >= 4 is 11.2 Å². The van der Waals surface area contributed by atoms with Crippen LogP contribution in [0.15, 0.2) is 24.3 Å². The number of nitrogens with zero attached hydrogens (tertiary/aromatic N) is 4. The van der Waals surface area contributed by atoms with Gasteiger partial charge in [-0.25, -0.2) is 9.67 Å². The van der Waals surface area contributed by atoms with Gasteiger partial charge in [0.1, 0.15) is 23.7 Å². The molecule has 1 unspecified atom stereocenters. The lowest BCUT2D eigenvalue weighted by Gasteiger charge is -2.26. The van der Waals surface area contributed by atoms with Crippen LogP contribution >= 0.6 is 0 Å². The summed E-state index contributed by atoms with van der Waals surface area (Å²) in [7, 11) is 0. The number of aromatic amines is 1. The summed E-state index contributed by atoms with van der Waals surface area (Å²) in [5.41, 5.74) is 3.86. The number of aromatic nitrogens is 4. The molecule has 28 heavy (non-hydrogen) atoms. The van der Waals surface area contributed by atoms with Crippen molar-refractivity contribution in [3.8, 4) is 17.1 Å². The minimum atomic E-state index is 0.312. The number of hydrogen-bond acceptors (Lipinski definition) is 5. The second kappa shape index (κ2) is 8.32. The zero-order chi connectivity index (χ0) is 19.5. The van der Waals surface area contributed by atoms with Crippen molar-refractivity contribution in [2.24, 2.45) is 0 Å². The fourth-order valence-corrected chi connectivity index (χ4v) is 3.55. The van der Waals surface area contributed by atoms with E-state index >= 15 is 0 Å². The Balaban J connectivity index is 1.55. The molecule has 1 N–H and O–H groups in total. The van der Waals surface area contributed by atoms with Gasteiger partial charge in [0.05, 0.1) is 30.5 Å². The molecule has 0 amide bonds. The molecule has 1 aromatic carbocycles. The van der Waals surface area contributed by atoms with Crippen LogP contribution < -0.4 is 4.74 Å². The third-order valence-electron chi connectivity index (χ3n) is 5.44. The Morgan fingerprint density at radius 1 is 1.25 bits per heavy atom.